The van der Waals surface area contributed by atoms with Gasteiger partial charge >= 0.3 is 5.69 Å². The molecule has 0 spiro atoms. The van der Waals surface area contributed by atoms with Crippen LogP contribution < -0.4 is 19.1 Å². The maximum atomic E-state index is 13.7. The van der Waals surface area contributed by atoms with Crippen molar-refractivity contribution in [2.45, 2.75) is 70.2 Å². The number of ether oxygens (including phenoxy) is 2. The van der Waals surface area contributed by atoms with Gasteiger partial charge in [0, 0.05) is 92.1 Å². The van der Waals surface area contributed by atoms with Crippen LogP contribution >= 0.6 is 11.6 Å². The summed E-state index contributed by atoms with van der Waals surface area (Å²) in [5.41, 5.74) is 6.19. The predicted molar refractivity (Wildman–Crippen MR) is 237 cm³/mol. The fourth-order valence-electron chi connectivity index (χ4n) is 8.63. The minimum atomic E-state index is -4.22. The SMILES string of the molecule is CC1(C)CCC(CN2CCN(c3ccc(CNS(=O)(=O)c4ccc(OCC5CCCC(=O)C5)c([N+](=O)[O-])c4)c(Oc4cnc5[nH]ccc5c4)c3)CC2)=C(c2ccc(Cl)cc2)C1. The van der Waals surface area contributed by atoms with Crippen molar-refractivity contribution in [2.24, 2.45) is 11.3 Å². The monoisotopic (exact) mass is 866 g/mol. The van der Waals surface area contributed by atoms with Gasteiger partial charge in [0.15, 0.2) is 5.75 Å². The van der Waals surface area contributed by atoms with E-state index in [0.717, 1.165) is 92.6 Å². The lowest BCUT2D eigenvalue weighted by molar-refractivity contribution is -0.386. The molecule has 0 amide bonds. The largest absolute Gasteiger partial charge is 0.487 e. The van der Waals surface area contributed by atoms with Gasteiger partial charge in [0.2, 0.25) is 10.0 Å². The number of H-pyrrole nitrogens is 1. The first kappa shape index (κ1) is 42.4. The molecule has 320 valence electrons. The number of anilines is 1. The predicted octanol–water partition coefficient (Wildman–Crippen LogP) is 9.32. The van der Waals surface area contributed by atoms with Gasteiger partial charge in [-0.25, -0.2) is 18.1 Å². The van der Waals surface area contributed by atoms with Crippen LogP contribution in [0.25, 0.3) is 16.6 Å². The summed E-state index contributed by atoms with van der Waals surface area (Å²) < 4.78 is 42.2. The molecule has 1 saturated carbocycles. The maximum absolute atomic E-state index is 13.7. The number of nitrogens with one attached hydrogen (secondary N) is 2. The third-order valence-corrected chi connectivity index (χ3v) is 13.8. The summed E-state index contributed by atoms with van der Waals surface area (Å²) in [6.07, 6.45) is 9.14. The Morgan fingerprint density at radius 3 is 2.57 bits per heavy atom. The molecule has 3 aliphatic rings. The number of hydrogen-bond acceptors (Lipinski definition) is 10. The number of Topliss-reactive ketones (excluding diaryl/α,β-unsaturated/α-hetero) is 1. The number of rotatable bonds is 14. The molecule has 61 heavy (non-hydrogen) atoms. The molecule has 2 N–H and O–H groups in total. The Morgan fingerprint density at radius 1 is 1.00 bits per heavy atom. The van der Waals surface area contributed by atoms with Crippen molar-refractivity contribution in [3.05, 3.63) is 117 Å². The van der Waals surface area contributed by atoms with E-state index in [0.29, 0.717) is 29.9 Å². The number of halogens is 1. The number of nitro benzene ring substituents is 1. The van der Waals surface area contributed by atoms with Crippen LogP contribution in [0.2, 0.25) is 5.02 Å². The topological polar surface area (TPSA) is 160 Å². The molecule has 0 radical (unpaired) electrons. The first-order valence-corrected chi connectivity index (χ1v) is 22.8. The first-order valence-electron chi connectivity index (χ1n) is 20.9. The number of ketones is 1. The minimum Gasteiger partial charge on any atom is -0.487 e. The standard InChI is InChI=1S/C46H51ClN6O7S/c1-46(2)16-14-35(41(26-46)32-6-9-36(47)10-7-32)29-51-18-20-52(21-19-51)37-11-8-34(44(24-37)60-39-23-33-15-17-48-45(33)49-28-39)27-50-61(57,58)40-12-13-43(42(25-40)53(55)56)59-30-31-4-3-5-38(54)22-31/h6-13,15,17,23-25,28,31,50H,3-5,14,16,18-22,26-27,29-30H2,1-2H3,(H,48,49). The molecule has 1 atom stereocenters. The Hall–Kier alpha value is -5.28. The third kappa shape index (κ3) is 10.3. The fourth-order valence-corrected chi connectivity index (χ4v) is 9.78. The summed E-state index contributed by atoms with van der Waals surface area (Å²) >= 11 is 6.24. The fraction of sp³-hybridized carbons (Fsp3) is 0.391. The lowest BCUT2D eigenvalue weighted by Crippen LogP contribution is -2.47. The number of sulfonamides is 1. The van der Waals surface area contributed by atoms with Crippen molar-refractivity contribution in [1.29, 1.82) is 0 Å². The normalized spacial score (nSPS) is 18.7. The van der Waals surface area contributed by atoms with Crippen molar-refractivity contribution < 1.29 is 27.6 Å². The maximum Gasteiger partial charge on any atom is 0.312 e. The summed E-state index contributed by atoms with van der Waals surface area (Å²) in [5, 5.41) is 13.7. The van der Waals surface area contributed by atoms with E-state index in [4.69, 9.17) is 21.1 Å². The van der Waals surface area contributed by atoms with Crippen LogP contribution in [-0.2, 0) is 21.4 Å². The highest BCUT2D eigenvalue weighted by molar-refractivity contribution is 7.89. The molecule has 5 aromatic rings. The highest BCUT2D eigenvalue weighted by atomic mass is 35.5. The summed E-state index contributed by atoms with van der Waals surface area (Å²) in [6, 6.07) is 21.4. The zero-order valence-electron chi connectivity index (χ0n) is 34.5. The highest BCUT2D eigenvalue weighted by Crippen LogP contribution is 2.43. The van der Waals surface area contributed by atoms with E-state index in [2.05, 4.69) is 50.5 Å². The molecule has 1 unspecified atom stereocenters. The Labute approximate surface area is 361 Å². The molecular formula is C46H51ClN6O7S. The molecule has 2 fully saturated rings. The molecular weight excluding hydrogens is 816 g/mol. The number of carbonyl (C=O) groups excluding carboxylic acids is 1. The van der Waals surface area contributed by atoms with Crippen molar-refractivity contribution in [3.63, 3.8) is 0 Å². The number of pyridine rings is 1. The Balaban J connectivity index is 0.980. The average Bonchev–Trinajstić information content (AvgIpc) is 3.72. The minimum absolute atomic E-state index is 0.0361. The van der Waals surface area contributed by atoms with E-state index >= 15 is 0 Å². The van der Waals surface area contributed by atoms with E-state index in [1.807, 2.05) is 42.5 Å². The molecule has 0 bridgehead atoms. The number of carbonyl (C=O) groups is 1. The molecule has 1 saturated heterocycles. The highest BCUT2D eigenvalue weighted by Gasteiger charge is 2.30. The second-order valence-corrected chi connectivity index (χ2v) is 19.4. The average molecular weight is 867 g/mol. The molecule has 3 aromatic carbocycles. The van der Waals surface area contributed by atoms with Gasteiger partial charge in [-0.05, 0) is 97.0 Å². The van der Waals surface area contributed by atoms with E-state index < -0.39 is 20.6 Å². The summed E-state index contributed by atoms with van der Waals surface area (Å²) in [7, 11) is -4.22. The summed E-state index contributed by atoms with van der Waals surface area (Å²) in [4.78, 5) is 35.4. The number of aromatic nitrogens is 2. The van der Waals surface area contributed by atoms with Crippen molar-refractivity contribution in [2.75, 3.05) is 44.2 Å². The Morgan fingerprint density at radius 2 is 1.80 bits per heavy atom. The van der Waals surface area contributed by atoms with Gasteiger partial charge in [-0.3, -0.25) is 19.8 Å². The number of aromatic amines is 1. The lowest BCUT2D eigenvalue weighted by Gasteiger charge is -2.39. The van der Waals surface area contributed by atoms with Crippen LogP contribution in [0.3, 0.4) is 0 Å². The molecule has 13 nitrogen and oxygen atoms in total. The number of nitrogens with zero attached hydrogens (tertiary/aromatic N) is 4. The van der Waals surface area contributed by atoms with E-state index in [9.17, 15) is 23.3 Å². The van der Waals surface area contributed by atoms with E-state index in [1.165, 1.54) is 28.8 Å². The van der Waals surface area contributed by atoms with Gasteiger partial charge in [0.1, 0.15) is 22.9 Å². The number of nitro groups is 1. The first-order chi connectivity index (χ1) is 29.3. The zero-order chi connectivity index (χ0) is 42.7. The van der Waals surface area contributed by atoms with Gasteiger partial charge in [-0.2, -0.15) is 0 Å². The molecule has 3 heterocycles. The molecule has 15 heteroatoms. The second-order valence-electron chi connectivity index (χ2n) is 17.2. The zero-order valence-corrected chi connectivity index (χ0v) is 36.1. The van der Waals surface area contributed by atoms with Gasteiger partial charge in [0.25, 0.3) is 0 Å². The van der Waals surface area contributed by atoms with Crippen molar-refractivity contribution in [1.82, 2.24) is 19.6 Å². The van der Waals surface area contributed by atoms with Crippen LogP contribution in [0.5, 0.6) is 17.2 Å². The second kappa shape index (κ2) is 18.0. The molecule has 1 aliphatic heterocycles. The number of benzene rings is 3. The van der Waals surface area contributed by atoms with E-state index in [1.54, 1.807) is 12.4 Å². The summed E-state index contributed by atoms with van der Waals surface area (Å²) in [6.45, 7) is 8.97. The van der Waals surface area contributed by atoms with Gasteiger partial charge in [-0.1, -0.05) is 49.2 Å². The summed E-state index contributed by atoms with van der Waals surface area (Å²) in [5.74, 6) is 1.02. The van der Waals surface area contributed by atoms with Crippen molar-refractivity contribution >= 4 is 55.4 Å². The van der Waals surface area contributed by atoms with E-state index in [-0.39, 0.29) is 40.9 Å². The molecule has 2 aliphatic carbocycles. The smallest absolute Gasteiger partial charge is 0.312 e. The van der Waals surface area contributed by atoms with Gasteiger partial charge in [-0.15, -0.1) is 0 Å². The quantitative estimate of drug-likeness (QED) is 0.0814. The number of fused-ring (bicyclic) bond motifs is 1. The van der Waals surface area contributed by atoms with Crippen LogP contribution in [0.4, 0.5) is 11.4 Å². The number of hydrogen-bond donors (Lipinski definition) is 2. The van der Waals surface area contributed by atoms with Gasteiger partial charge in [0.05, 0.1) is 22.6 Å². The van der Waals surface area contributed by atoms with Crippen LogP contribution in [0.1, 0.15) is 69.9 Å². The van der Waals surface area contributed by atoms with Crippen molar-refractivity contribution in [3.8, 4) is 17.2 Å². The van der Waals surface area contributed by atoms with Gasteiger partial charge < -0.3 is 19.4 Å². The number of piperazine rings is 1. The molecule has 2 aromatic heterocycles. The van der Waals surface area contributed by atoms with Crippen LogP contribution in [0.15, 0.2) is 95.7 Å². The Bertz CT molecular complexity index is 2570. The number of allylic oxidation sites excluding steroid dienone is 1. The molecule has 8 rings (SSSR count). The van der Waals surface area contributed by atoms with Crippen LogP contribution in [-0.4, -0.2) is 73.3 Å². The Kier molecular flexibility index (Phi) is 12.5. The lowest BCUT2D eigenvalue weighted by atomic mass is 9.72. The van der Waals surface area contributed by atoms with Crippen LogP contribution in [0, 0.1) is 21.4 Å². The third-order valence-electron chi connectivity index (χ3n) is 12.1.